The Kier molecular flexibility index (Phi) is 12.4. The Morgan fingerprint density at radius 1 is 1.03 bits per heavy atom. The van der Waals surface area contributed by atoms with Gasteiger partial charge in [0.2, 0.25) is 17.7 Å². The van der Waals surface area contributed by atoms with Crippen molar-refractivity contribution in [1.29, 1.82) is 0 Å². The zero-order valence-electron chi connectivity index (χ0n) is 16.9. The third-order valence-electron chi connectivity index (χ3n) is 3.90. The van der Waals surface area contributed by atoms with E-state index in [0.717, 1.165) is 0 Å². The second-order valence-corrected chi connectivity index (χ2v) is 6.96. The molecule has 0 aromatic carbocycles. The van der Waals surface area contributed by atoms with Crippen molar-refractivity contribution in [1.82, 2.24) is 16.0 Å². The van der Waals surface area contributed by atoms with Gasteiger partial charge in [0.1, 0.15) is 18.1 Å². The molecule has 5 unspecified atom stereocenters. The number of carboxylic acid groups (broad SMARTS) is 1. The quantitative estimate of drug-likeness (QED) is 0.0580. The average molecular weight is 450 g/mol. The number of nitrogens with two attached hydrogens (primary N) is 3. The van der Waals surface area contributed by atoms with E-state index in [1.165, 1.54) is 13.8 Å². The molecule has 0 aliphatic rings. The number of nitrogens with one attached hydrogen (secondary N) is 3. The summed E-state index contributed by atoms with van der Waals surface area (Å²) in [6.45, 7) is 2.71. The number of aliphatic hydroxyl groups is 1. The molecule has 0 aliphatic carbocycles. The maximum atomic E-state index is 12.6. The number of aliphatic imine (C=N–C) groups is 1. The summed E-state index contributed by atoms with van der Waals surface area (Å²) in [6, 6.07) is -4.76. The molecule has 0 aromatic heterocycles. The molecule has 0 spiro atoms. The first-order valence-corrected chi connectivity index (χ1v) is 9.77. The highest BCUT2D eigenvalue weighted by atomic mass is 32.1. The summed E-state index contributed by atoms with van der Waals surface area (Å²) >= 11 is 3.90. The number of aliphatic carboxylic acids is 1. The first-order chi connectivity index (χ1) is 13.9. The van der Waals surface area contributed by atoms with Crippen molar-refractivity contribution in [2.45, 2.75) is 57.0 Å². The molecule has 0 rings (SSSR count). The van der Waals surface area contributed by atoms with Gasteiger partial charge in [-0.3, -0.25) is 24.2 Å². The Balaban J connectivity index is 5.31. The molecule has 13 nitrogen and oxygen atoms in total. The molecule has 14 heteroatoms. The van der Waals surface area contributed by atoms with Gasteiger partial charge in [-0.15, -0.1) is 0 Å². The van der Waals surface area contributed by atoms with Crippen LogP contribution in [-0.2, 0) is 19.2 Å². The van der Waals surface area contributed by atoms with Gasteiger partial charge < -0.3 is 43.4 Å². The van der Waals surface area contributed by atoms with Crippen molar-refractivity contribution in [2.75, 3.05) is 12.3 Å². The lowest BCUT2D eigenvalue weighted by atomic mass is 10.1. The zero-order chi connectivity index (χ0) is 23.4. The van der Waals surface area contributed by atoms with Crippen molar-refractivity contribution in [3.05, 3.63) is 0 Å². The van der Waals surface area contributed by atoms with Gasteiger partial charge in [-0.25, -0.2) is 0 Å². The van der Waals surface area contributed by atoms with Crippen LogP contribution >= 0.6 is 12.6 Å². The van der Waals surface area contributed by atoms with E-state index in [4.69, 9.17) is 22.3 Å². The molecular weight excluding hydrogens is 418 g/mol. The van der Waals surface area contributed by atoms with E-state index in [2.05, 4.69) is 33.6 Å². The lowest BCUT2D eigenvalue weighted by molar-refractivity contribution is -0.142. The normalized spacial score (nSPS) is 15.6. The fraction of sp³-hybridized carbons (Fsp3) is 0.688. The van der Waals surface area contributed by atoms with E-state index >= 15 is 0 Å². The monoisotopic (exact) mass is 449 g/mol. The van der Waals surface area contributed by atoms with Gasteiger partial charge in [0.05, 0.1) is 12.1 Å². The number of hydrogen-bond acceptors (Lipinski definition) is 8. The lowest BCUT2D eigenvalue weighted by Gasteiger charge is -2.26. The molecular formula is C16H31N7O6S. The fourth-order valence-corrected chi connectivity index (χ4v) is 2.32. The summed E-state index contributed by atoms with van der Waals surface area (Å²) < 4.78 is 0. The van der Waals surface area contributed by atoms with Crippen molar-refractivity contribution in [2.24, 2.45) is 22.2 Å². The van der Waals surface area contributed by atoms with Crippen LogP contribution in [0.25, 0.3) is 0 Å². The highest BCUT2D eigenvalue weighted by molar-refractivity contribution is 7.80. The van der Waals surface area contributed by atoms with Gasteiger partial charge in [0.15, 0.2) is 5.96 Å². The van der Waals surface area contributed by atoms with Crippen LogP contribution in [0.5, 0.6) is 0 Å². The minimum absolute atomic E-state index is 0.0167. The number of rotatable bonds is 13. The Hall–Kier alpha value is -2.58. The van der Waals surface area contributed by atoms with Crippen molar-refractivity contribution in [3.8, 4) is 0 Å². The van der Waals surface area contributed by atoms with Crippen molar-refractivity contribution >= 4 is 42.3 Å². The number of amides is 3. The van der Waals surface area contributed by atoms with E-state index in [1.807, 2.05) is 0 Å². The Bertz CT molecular complexity index is 642. The molecule has 11 N–H and O–H groups in total. The molecule has 0 saturated heterocycles. The molecule has 0 aliphatic heterocycles. The van der Waals surface area contributed by atoms with Crippen molar-refractivity contribution in [3.63, 3.8) is 0 Å². The molecule has 0 aromatic rings. The van der Waals surface area contributed by atoms with Crippen LogP contribution in [0.3, 0.4) is 0 Å². The number of aliphatic hydroxyl groups excluding tert-OH is 1. The second-order valence-electron chi connectivity index (χ2n) is 6.59. The van der Waals surface area contributed by atoms with E-state index in [0.29, 0.717) is 0 Å². The Morgan fingerprint density at radius 2 is 1.63 bits per heavy atom. The topological polar surface area (TPSA) is 235 Å². The van der Waals surface area contributed by atoms with E-state index < -0.39 is 54.0 Å². The van der Waals surface area contributed by atoms with Crippen LogP contribution < -0.4 is 33.2 Å². The Morgan fingerprint density at radius 3 is 2.10 bits per heavy atom. The van der Waals surface area contributed by atoms with Gasteiger partial charge >= 0.3 is 5.97 Å². The number of carbonyl (C=O) groups is 4. The summed E-state index contributed by atoms with van der Waals surface area (Å²) in [7, 11) is 0. The van der Waals surface area contributed by atoms with Gasteiger partial charge in [-0.1, -0.05) is 0 Å². The SMILES string of the molecule is CC(NC(=O)C(CCCN=C(N)N)NC(=O)C(NC(=O)C(N)CS)C(C)O)C(=O)O. The third kappa shape index (κ3) is 10.3. The van der Waals surface area contributed by atoms with Crippen LogP contribution in [0.2, 0.25) is 0 Å². The van der Waals surface area contributed by atoms with Crippen LogP contribution in [0.15, 0.2) is 4.99 Å². The summed E-state index contributed by atoms with van der Waals surface area (Å²) in [5.74, 6) is -3.71. The smallest absolute Gasteiger partial charge is 0.325 e. The number of guanidine groups is 1. The molecule has 0 fully saturated rings. The van der Waals surface area contributed by atoms with Crippen LogP contribution in [0.4, 0.5) is 0 Å². The van der Waals surface area contributed by atoms with Gasteiger partial charge in [0.25, 0.3) is 0 Å². The first-order valence-electron chi connectivity index (χ1n) is 9.14. The molecule has 0 saturated carbocycles. The summed E-state index contributed by atoms with van der Waals surface area (Å²) in [5, 5.41) is 25.8. The minimum atomic E-state index is -1.40. The van der Waals surface area contributed by atoms with Crippen LogP contribution in [0.1, 0.15) is 26.7 Å². The minimum Gasteiger partial charge on any atom is -0.480 e. The van der Waals surface area contributed by atoms with E-state index in [1.54, 1.807) is 0 Å². The standard InChI is InChI=1S/C16H31N7O6S/c1-7(15(28)29)21-13(26)10(4-3-5-20-16(18)19)22-14(27)11(8(2)24)23-12(25)9(17)6-30/h7-11,24,30H,3-6,17H2,1-2H3,(H,21,26)(H,22,27)(H,23,25)(H,28,29)(H4,18,19,20). The highest BCUT2D eigenvalue weighted by Crippen LogP contribution is 2.03. The molecule has 5 atom stereocenters. The second kappa shape index (κ2) is 13.6. The zero-order valence-corrected chi connectivity index (χ0v) is 17.8. The maximum absolute atomic E-state index is 12.6. The average Bonchev–Trinajstić information content (AvgIpc) is 2.66. The number of thiol groups is 1. The fourth-order valence-electron chi connectivity index (χ4n) is 2.16. The highest BCUT2D eigenvalue weighted by Gasteiger charge is 2.31. The first kappa shape index (κ1) is 27.4. The summed E-state index contributed by atoms with van der Waals surface area (Å²) in [5.41, 5.74) is 16.0. The molecule has 0 heterocycles. The summed E-state index contributed by atoms with van der Waals surface area (Å²) in [4.78, 5) is 51.7. The number of nitrogens with zero attached hydrogens (tertiary/aromatic N) is 1. The number of carbonyl (C=O) groups excluding carboxylic acids is 3. The van der Waals surface area contributed by atoms with Crippen molar-refractivity contribution < 1.29 is 29.4 Å². The predicted octanol–water partition coefficient (Wildman–Crippen LogP) is -3.76. The third-order valence-corrected chi connectivity index (χ3v) is 4.30. The predicted molar refractivity (Wildman–Crippen MR) is 113 cm³/mol. The maximum Gasteiger partial charge on any atom is 0.325 e. The van der Waals surface area contributed by atoms with Gasteiger partial charge in [0, 0.05) is 12.3 Å². The largest absolute Gasteiger partial charge is 0.480 e. The Labute approximate surface area is 179 Å². The van der Waals surface area contributed by atoms with E-state index in [-0.39, 0.29) is 31.1 Å². The molecule has 30 heavy (non-hydrogen) atoms. The summed E-state index contributed by atoms with van der Waals surface area (Å²) in [6.07, 6.45) is -0.949. The molecule has 172 valence electrons. The van der Waals surface area contributed by atoms with Crippen LogP contribution in [-0.4, -0.2) is 82.4 Å². The van der Waals surface area contributed by atoms with Gasteiger partial charge in [-0.2, -0.15) is 12.6 Å². The van der Waals surface area contributed by atoms with Crippen LogP contribution in [0, 0.1) is 0 Å². The molecule has 0 radical (unpaired) electrons. The molecule has 3 amide bonds. The number of hydrogen-bond donors (Lipinski definition) is 9. The lowest BCUT2D eigenvalue weighted by Crippen LogP contribution is -2.59. The van der Waals surface area contributed by atoms with Gasteiger partial charge in [-0.05, 0) is 26.7 Å². The molecule has 0 bridgehead atoms. The van der Waals surface area contributed by atoms with E-state index in [9.17, 15) is 24.3 Å². The number of carboxylic acids is 1.